The van der Waals surface area contributed by atoms with E-state index in [0.29, 0.717) is 35.1 Å². The van der Waals surface area contributed by atoms with E-state index in [2.05, 4.69) is 0 Å². The molecule has 2 heterocycles. The zero-order valence-corrected chi connectivity index (χ0v) is 20.0. The van der Waals surface area contributed by atoms with Gasteiger partial charge in [0.05, 0.1) is 29.3 Å². The molecule has 1 atom stereocenters. The smallest absolute Gasteiger partial charge is 0.409 e. The summed E-state index contributed by atoms with van der Waals surface area (Å²) in [5.74, 6) is 0.285. The summed E-state index contributed by atoms with van der Waals surface area (Å²) >= 11 is 0. The molecular formula is C27H29N3O5. The van der Waals surface area contributed by atoms with Crippen molar-refractivity contribution in [3.05, 3.63) is 83.6 Å². The minimum atomic E-state index is -1.11. The summed E-state index contributed by atoms with van der Waals surface area (Å²) in [6, 6.07) is 18.7. The molecule has 182 valence electrons. The lowest BCUT2D eigenvalue weighted by atomic mass is 10.1. The van der Waals surface area contributed by atoms with E-state index in [4.69, 9.17) is 15.2 Å². The fourth-order valence-electron chi connectivity index (χ4n) is 4.19. The number of rotatable bonds is 9. The number of hydrogen-bond donors (Lipinski definition) is 2. The largest absolute Gasteiger partial charge is 0.491 e. The number of amides is 2. The Bertz CT molecular complexity index is 1360. The van der Waals surface area contributed by atoms with E-state index in [1.54, 1.807) is 12.1 Å². The molecule has 0 saturated heterocycles. The third kappa shape index (κ3) is 5.07. The minimum absolute atomic E-state index is 0.102. The van der Waals surface area contributed by atoms with Crippen LogP contribution in [0.15, 0.2) is 66.9 Å². The Morgan fingerprint density at radius 2 is 1.80 bits per heavy atom. The van der Waals surface area contributed by atoms with E-state index in [0.717, 1.165) is 21.7 Å². The van der Waals surface area contributed by atoms with Crippen LogP contribution in [-0.2, 0) is 11.2 Å². The van der Waals surface area contributed by atoms with E-state index in [-0.39, 0.29) is 6.10 Å². The molecule has 0 aliphatic rings. The number of fused-ring (bicyclic) bond motifs is 3. The number of nitrogens with zero attached hydrogens (tertiary/aromatic N) is 2. The van der Waals surface area contributed by atoms with Crippen molar-refractivity contribution in [3.63, 3.8) is 0 Å². The van der Waals surface area contributed by atoms with Crippen LogP contribution in [-0.4, -0.2) is 46.2 Å². The number of nitrogens with two attached hydrogens (primary N) is 1. The average Bonchev–Trinajstić information content (AvgIpc) is 3.16. The molecule has 0 radical (unpaired) electrons. The first-order valence-corrected chi connectivity index (χ1v) is 11.4. The van der Waals surface area contributed by atoms with E-state index >= 15 is 0 Å². The second kappa shape index (κ2) is 10.1. The zero-order chi connectivity index (χ0) is 25.1. The van der Waals surface area contributed by atoms with Gasteiger partial charge in [-0.2, -0.15) is 0 Å². The number of benzene rings is 2. The molecule has 0 saturated carbocycles. The van der Waals surface area contributed by atoms with Gasteiger partial charge in [-0.15, -0.1) is 0 Å². The molecule has 8 nitrogen and oxygen atoms in total. The van der Waals surface area contributed by atoms with Gasteiger partial charge in [0, 0.05) is 24.2 Å². The molecule has 3 N–H and O–H groups in total. The molecule has 1 unspecified atom stereocenters. The lowest BCUT2D eigenvalue weighted by molar-refractivity contribution is -0.0383. The predicted molar refractivity (Wildman–Crippen MR) is 134 cm³/mol. The molecule has 8 heteroatoms. The molecule has 0 spiro atoms. The van der Waals surface area contributed by atoms with Crippen LogP contribution in [0.1, 0.15) is 41.6 Å². The number of ether oxygens (including phenoxy) is 2. The predicted octanol–water partition coefficient (Wildman–Crippen LogP) is 4.85. The Morgan fingerprint density at radius 3 is 2.46 bits per heavy atom. The van der Waals surface area contributed by atoms with Crippen molar-refractivity contribution in [2.45, 2.75) is 32.6 Å². The lowest BCUT2D eigenvalue weighted by Crippen LogP contribution is -2.32. The molecule has 4 rings (SSSR count). The Kier molecular flexibility index (Phi) is 6.93. The summed E-state index contributed by atoms with van der Waals surface area (Å²) in [7, 11) is 1.47. The highest BCUT2D eigenvalue weighted by atomic mass is 16.5. The van der Waals surface area contributed by atoms with Gasteiger partial charge in [0.2, 0.25) is 0 Å². The molecular weight excluding hydrogens is 446 g/mol. The van der Waals surface area contributed by atoms with Crippen LogP contribution < -0.4 is 10.5 Å². The van der Waals surface area contributed by atoms with Gasteiger partial charge in [-0.05, 0) is 56.2 Å². The highest BCUT2D eigenvalue weighted by molar-refractivity contribution is 6.13. The number of carbonyl (C=O) groups is 2. The fraction of sp³-hybridized carbons (Fsp3) is 0.259. The van der Waals surface area contributed by atoms with Crippen molar-refractivity contribution >= 4 is 28.4 Å². The van der Waals surface area contributed by atoms with E-state index < -0.39 is 18.2 Å². The molecule has 35 heavy (non-hydrogen) atoms. The standard InChI is InChI=1S/C27H29N3O5/c1-17(2)35-20-10-7-18(8-11-20)13-15-34-26(29(3)27(32)33)19-9-12-21-23(16-19)30-14-5-4-6-22(30)24(21)25(28)31/h4-12,14,16-17,26H,13,15H2,1-3H3,(H2,28,31)(H,32,33). The van der Waals surface area contributed by atoms with Gasteiger partial charge in [-0.25, -0.2) is 4.79 Å². The zero-order valence-electron chi connectivity index (χ0n) is 20.0. The van der Waals surface area contributed by atoms with Gasteiger partial charge < -0.3 is 24.7 Å². The minimum Gasteiger partial charge on any atom is -0.491 e. The normalized spacial score (nSPS) is 12.2. The summed E-state index contributed by atoms with van der Waals surface area (Å²) in [4.78, 5) is 25.1. The molecule has 0 bridgehead atoms. The lowest BCUT2D eigenvalue weighted by Gasteiger charge is -2.26. The van der Waals surface area contributed by atoms with Crippen LogP contribution in [0.25, 0.3) is 16.4 Å². The first-order chi connectivity index (χ1) is 16.8. The fourth-order valence-corrected chi connectivity index (χ4v) is 4.19. The quantitative estimate of drug-likeness (QED) is 0.337. The third-order valence-electron chi connectivity index (χ3n) is 5.81. The van der Waals surface area contributed by atoms with Gasteiger partial charge in [-0.1, -0.05) is 30.3 Å². The average molecular weight is 476 g/mol. The third-order valence-corrected chi connectivity index (χ3v) is 5.81. The Morgan fingerprint density at radius 1 is 1.06 bits per heavy atom. The van der Waals surface area contributed by atoms with E-state index in [9.17, 15) is 14.7 Å². The van der Waals surface area contributed by atoms with Crippen molar-refractivity contribution in [3.8, 4) is 5.75 Å². The summed E-state index contributed by atoms with van der Waals surface area (Å²) in [6.07, 6.45) is 0.617. The van der Waals surface area contributed by atoms with Crippen LogP contribution in [0.3, 0.4) is 0 Å². The SMILES string of the molecule is CC(C)Oc1ccc(CCOC(c2ccc3c(C(N)=O)c4ccccn4c3c2)N(C)C(=O)O)cc1. The maximum atomic E-state index is 12.1. The molecule has 2 amide bonds. The Labute approximate surface area is 203 Å². The second-order valence-electron chi connectivity index (χ2n) is 8.65. The topological polar surface area (TPSA) is 107 Å². The molecule has 2 aromatic carbocycles. The number of hydrogen-bond acceptors (Lipinski definition) is 4. The van der Waals surface area contributed by atoms with Crippen LogP contribution in [0.4, 0.5) is 4.79 Å². The summed E-state index contributed by atoms with van der Waals surface area (Å²) in [5, 5.41) is 10.4. The van der Waals surface area contributed by atoms with Crippen molar-refractivity contribution in [2.24, 2.45) is 5.73 Å². The number of pyridine rings is 1. The number of primary amides is 1. The molecule has 0 fully saturated rings. The van der Waals surface area contributed by atoms with Crippen molar-refractivity contribution < 1.29 is 24.2 Å². The Hall–Kier alpha value is -4.04. The maximum absolute atomic E-state index is 12.1. The first kappa shape index (κ1) is 24.1. The van der Waals surface area contributed by atoms with Crippen LogP contribution in [0.2, 0.25) is 0 Å². The summed E-state index contributed by atoms with van der Waals surface area (Å²) < 4.78 is 13.6. The van der Waals surface area contributed by atoms with Gasteiger partial charge in [0.25, 0.3) is 5.91 Å². The number of carboxylic acid groups (broad SMARTS) is 1. The summed E-state index contributed by atoms with van der Waals surface area (Å²) in [6.45, 7) is 4.26. The second-order valence-corrected chi connectivity index (χ2v) is 8.65. The van der Waals surface area contributed by atoms with Crippen molar-refractivity contribution in [1.29, 1.82) is 0 Å². The monoisotopic (exact) mass is 475 g/mol. The molecule has 0 aliphatic heterocycles. The van der Waals surface area contributed by atoms with Gasteiger partial charge >= 0.3 is 6.09 Å². The van der Waals surface area contributed by atoms with Crippen molar-refractivity contribution in [1.82, 2.24) is 9.30 Å². The van der Waals surface area contributed by atoms with Crippen LogP contribution >= 0.6 is 0 Å². The highest BCUT2D eigenvalue weighted by Crippen LogP contribution is 2.31. The van der Waals surface area contributed by atoms with Gasteiger partial charge in [-0.3, -0.25) is 9.69 Å². The highest BCUT2D eigenvalue weighted by Gasteiger charge is 2.24. The Balaban J connectivity index is 1.60. The van der Waals surface area contributed by atoms with Crippen LogP contribution in [0.5, 0.6) is 5.75 Å². The number of aromatic nitrogens is 1. The van der Waals surface area contributed by atoms with E-state index in [1.807, 2.05) is 73.0 Å². The van der Waals surface area contributed by atoms with Crippen LogP contribution in [0, 0.1) is 0 Å². The van der Waals surface area contributed by atoms with Crippen molar-refractivity contribution in [2.75, 3.05) is 13.7 Å². The molecule has 4 aromatic rings. The van der Waals surface area contributed by atoms with Gasteiger partial charge in [0.15, 0.2) is 6.23 Å². The number of carbonyl (C=O) groups excluding carboxylic acids is 1. The molecule has 2 aromatic heterocycles. The molecule has 0 aliphatic carbocycles. The maximum Gasteiger partial charge on any atom is 0.409 e. The van der Waals surface area contributed by atoms with E-state index in [1.165, 1.54) is 7.05 Å². The summed E-state index contributed by atoms with van der Waals surface area (Å²) in [5.41, 5.74) is 9.24. The van der Waals surface area contributed by atoms with Gasteiger partial charge in [0.1, 0.15) is 5.75 Å². The first-order valence-electron chi connectivity index (χ1n) is 11.4.